The highest BCUT2D eigenvalue weighted by molar-refractivity contribution is 7.18. The van der Waals surface area contributed by atoms with Crippen LogP contribution in [0, 0.1) is 11.7 Å². The monoisotopic (exact) mass is 419 g/mol. The van der Waals surface area contributed by atoms with Gasteiger partial charge in [0.05, 0.1) is 33.0 Å². The number of halogens is 2. The third-order valence-electron chi connectivity index (χ3n) is 4.68. The molecule has 6 nitrogen and oxygen atoms in total. The molecule has 0 radical (unpaired) electrons. The zero-order valence-corrected chi connectivity index (χ0v) is 17.1. The molecule has 9 heteroatoms. The molecule has 1 amide bonds. The average Bonchev–Trinajstić information content (AvgIpc) is 2.98. The number of nitrogens with zero attached hydrogens (tertiary/aromatic N) is 4. The van der Waals surface area contributed by atoms with Gasteiger partial charge >= 0.3 is 0 Å². The van der Waals surface area contributed by atoms with Crippen molar-refractivity contribution in [3.05, 3.63) is 44.6 Å². The Balaban J connectivity index is 1.65. The maximum absolute atomic E-state index is 13.0. The average molecular weight is 420 g/mol. The van der Waals surface area contributed by atoms with Gasteiger partial charge in [-0.05, 0) is 36.8 Å². The summed E-state index contributed by atoms with van der Waals surface area (Å²) >= 11 is 7.85. The molecule has 0 saturated heterocycles. The SMILES string of the molecule is CC(C)C1=NN(CC(=O)Nc2ncc(F)cn2)C(=C2CCC2)c2cc(Cl)sc21. The van der Waals surface area contributed by atoms with E-state index in [0.717, 1.165) is 53.5 Å². The third-order valence-corrected chi connectivity index (χ3v) is 5.97. The van der Waals surface area contributed by atoms with Crippen molar-refractivity contribution in [1.82, 2.24) is 15.0 Å². The number of hydrogen-bond donors (Lipinski definition) is 1. The molecule has 0 spiro atoms. The fourth-order valence-electron chi connectivity index (χ4n) is 3.22. The summed E-state index contributed by atoms with van der Waals surface area (Å²) in [6, 6.07) is 1.97. The Bertz CT molecular complexity index is 977. The number of allylic oxidation sites excluding steroid dienone is 1. The number of hydrogen-bond acceptors (Lipinski definition) is 6. The van der Waals surface area contributed by atoms with Crippen LogP contribution in [0.1, 0.15) is 43.6 Å². The van der Waals surface area contributed by atoms with E-state index in [-0.39, 0.29) is 24.3 Å². The van der Waals surface area contributed by atoms with Crippen molar-refractivity contribution in [3.63, 3.8) is 0 Å². The molecule has 1 fully saturated rings. The number of thiophene rings is 1. The Morgan fingerprint density at radius 3 is 2.68 bits per heavy atom. The van der Waals surface area contributed by atoms with Crippen LogP contribution in [-0.4, -0.2) is 33.1 Å². The summed E-state index contributed by atoms with van der Waals surface area (Å²) in [6.07, 6.45) is 5.15. The first-order valence-corrected chi connectivity index (χ1v) is 10.3. The van der Waals surface area contributed by atoms with Crippen LogP contribution in [0.2, 0.25) is 4.34 Å². The fourth-order valence-corrected chi connectivity index (χ4v) is 4.58. The van der Waals surface area contributed by atoms with Crippen LogP contribution in [0.5, 0.6) is 0 Å². The second-order valence-electron chi connectivity index (χ2n) is 7.07. The predicted molar refractivity (Wildman–Crippen MR) is 109 cm³/mol. The van der Waals surface area contributed by atoms with Gasteiger partial charge < -0.3 is 0 Å². The Hall–Kier alpha value is -2.32. The van der Waals surface area contributed by atoms with Crippen LogP contribution in [-0.2, 0) is 4.79 Å². The summed E-state index contributed by atoms with van der Waals surface area (Å²) in [6.45, 7) is 4.16. The van der Waals surface area contributed by atoms with Gasteiger partial charge in [-0.25, -0.2) is 14.4 Å². The van der Waals surface area contributed by atoms with E-state index >= 15 is 0 Å². The molecule has 2 aliphatic rings. The molecule has 1 aliphatic heterocycles. The number of carbonyl (C=O) groups excluding carboxylic acids is 1. The van der Waals surface area contributed by atoms with Gasteiger partial charge in [0.2, 0.25) is 11.9 Å². The molecule has 0 unspecified atom stereocenters. The van der Waals surface area contributed by atoms with Crippen LogP contribution in [0.25, 0.3) is 5.70 Å². The maximum Gasteiger partial charge on any atom is 0.248 e. The first kappa shape index (κ1) is 19.0. The minimum absolute atomic E-state index is 0.0166. The van der Waals surface area contributed by atoms with E-state index < -0.39 is 5.82 Å². The standard InChI is InChI=1S/C19H19ClFN5OS/c1-10(2)16-18-13(6-14(20)28-18)17(11-4-3-5-11)26(25-16)9-15(27)24-19-22-7-12(21)8-23-19/h6-8,10H,3-5,9H2,1-2H3,(H,22,23,24,27). The Morgan fingerprint density at radius 1 is 1.36 bits per heavy atom. The zero-order chi connectivity index (χ0) is 19.8. The van der Waals surface area contributed by atoms with Crippen LogP contribution in [0.4, 0.5) is 10.3 Å². The van der Waals surface area contributed by atoms with E-state index in [4.69, 9.17) is 16.7 Å². The van der Waals surface area contributed by atoms with Gasteiger partial charge in [0.1, 0.15) is 6.54 Å². The molecule has 1 N–H and O–H groups in total. The Morgan fingerprint density at radius 2 is 2.07 bits per heavy atom. The van der Waals surface area contributed by atoms with Gasteiger partial charge in [0.25, 0.3) is 0 Å². The molecule has 1 saturated carbocycles. The lowest BCUT2D eigenvalue weighted by molar-refractivity contribution is -0.116. The number of fused-ring (bicyclic) bond motifs is 1. The largest absolute Gasteiger partial charge is 0.293 e. The van der Waals surface area contributed by atoms with Gasteiger partial charge in [-0.15, -0.1) is 11.3 Å². The van der Waals surface area contributed by atoms with Crippen molar-refractivity contribution >= 4 is 46.2 Å². The molecule has 1 aliphatic carbocycles. The molecular formula is C19H19ClFN5OS. The van der Waals surface area contributed by atoms with Crippen LogP contribution in [0.15, 0.2) is 29.1 Å². The van der Waals surface area contributed by atoms with Crippen molar-refractivity contribution in [1.29, 1.82) is 0 Å². The van der Waals surface area contributed by atoms with Crippen LogP contribution >= 0.6 is 22.9 Å². The number of aromatic nitrogens is 2. The molecule has 2 aromatic rings. The van der Waals surface area contributed by atoms with Gasteiger partial charge in [-0.2, -0.15) is 5.10 Å². The summed E-state index contributed by atoms with van der Waals surface area (Å²) in [5.41, 5.74) is 4.23. The van der Waals surface area contributed by atoms with Gasteiger partial charge in [-0.3, -0.25) is 15.1 Å². The third kappa shape index (κ3) is 3.66. The summed E-state index contributed by atoms with van der Waals surface area (Å²) in [7, 11) is 0. The van der Waals surface area contributed by atoms with Crippen molar-refractivity contribution in [2.45, 2.75) is 33.1 Å². The Labute approximate surface area is 171 Å². The normalized spacial score (nSPS) is 16.0. The van der Waals surface area contributed by atoms with Crippen LogP contribution < -0.4 is 5.32 Å². The highest BCUT2D eigenvalue weighted by atomic mass is 35.5. The van der Waals surface area contributed by atoms with Gasteiger partial charge in [-0.1, -0.05) is 25.4 Å². The van der Waals surface area contributed by atoms with Crippen molar-refractivity contribution in [2.75, 3.05) is 11.9 Å². The predicted octanol–water partition coefficient (Wildman–Crippen LogP) is 4.54. The van der Waals surface area contributed by atoms with Crippen molar-refractivity contribution in [3.8, 4) is 0 Å². The maximum atomic E-state index is 13.0. The molecule has 0 atom stereocenters. The highest BCUT2D eigenvalue weighted by Gasteiger charge is 2.32. The van der Waals surface area contributed by atoms with E-state index in [1.165, 1.54) is 16.9 Å². The smallest absolute Gasteiger partial charge is 0.248 e. The minimum Gasteiger partial charge on any atom is -0.293 e. The van der Waals surface area contributed by atoms with Gasteiger partial charge in [0.15, 0.2) is 5.82 Å². The number of rotatable bonds is 4. The lowest BCUT2D eigenvalue weighted by Crippen LogP contribution is -2.34. The second kappa shape index (κ2) is 7.60. The molecule has 0 bridgehead atoms. The minimum atomic E-state index is -0.556. The van der Waals surface area contributed by atoms with E-state index in [1.807, 2.05) is 6.07 Å². The van der Waals surface area contributed by atoms with E-state index in [9.17, 15) is 9.18 Å². The molecule has 4 rings (SSSR count). The molecule has 0 aromatic carbocycles. The lowest BCUT2D eigenvalue weighted by atomic mass is 9.87. The van der Waals surface area contributed by atoms with Crippen molar-refractivity contribution in [2.24, 2.45) is 11.0 Å². The Kier molecular flexibility index (Phi) is 5.16. The highest BCUT2D eigenvalue weighted by Crippen LogP contribution is 2.43. The summed E-state index contributed by atoms with van der Waals surface area (Å²) in [5, 5.41) is 9.16. The van der Waals surface area contributed by atoms with E-state index in [2.05, 4.69) is 29.1 Å². The first-order chi connectivity index (χ1) is 13.4. The number of nitrogens with one attached hydrogen (secondary N) is 1. The second-order valence-corrected chi connectivity index (χ2v) is 8.75. The van der Waals surface area contributed by atoms with Gasteiger partial charge in [0, 0.05) is 5.56 Å². The van der Waals surface area contributed by atoms with Crippen LogP contribution in [0.3, 0.4) is 0 Å². The van der Waals surface area contributed by atoms with E-state index in [1.54, 1.807) is 5.01 Å². The lowest BCUT2D eigenvalue weighted by Gasteiger charge is -2.33. The summed E-state index contributed by atoms with van der Waals surface area (Å²) < 4.78 is 13.7. The zero-order valence-electron chi connectivity index (χ0n) is 15.5. The molecular weight excluding hydrogens is 401 g/mol. The number of hydrazone groups is 1. The summed E-state index contributed by atoms with van der Waals surface area (Å²) in [5.74, 6) is -0.624. The number of anilines is 1. The molecule has 146 valence electrons. The first-order valence-electron chi connectivity index (χ1n) is 9.08. The molecule has 2 aromatic heterocycles. The molecule has 3 heterocycles. The number of carbonyl (C=O) groups is 1. The molecule has 28 heavy (non-hydrogen) atoms. The number of amides is 1. The fraction of sp³-hybridized carbons (Fsp3) is 0.368. The summed E-state index contributed by atoms with van der Waals surface area (Å²) in [4.78, 5) is 21.2. The van der Waals surface area contributed by atoms with Crippen molar-refractivity contribution < 1.29 is 9.18 Å². The topological polar surface area (TPSA) is 70.5 Å². The quantitative estimate of drug-likeness (QED) is 0.789. The van der Waals surface area contributed by atoms with E-state index in [0.29, 0.717) is 4.34 Å².